The van der Waals surface area contributed by atoms with Crippen molar-refractivity contribution in [3.63, 3.8) is 0 Å². The molecule has 0 aliphatic carbocycles. The molecule has 1 aromatic carbocycles. The maximum absolute atomic E-state index is 10.7. The number of aromatic nitrogens is 1. The van der Waals surface area contributed by atoms with E-state index in [1.807, 2.05) is 0 Å². The van der Waals surface area contributed by atoms with E-state index in [4.69, 9.17) is 28.5 Å². The lowest BCUT2D eigenvalue weighted by atomic mass is 10.2. The maximum Gasteiger partial charge on any atom is 0.335 e. The number of carboxylic acid groups (broad SMARTS) is 1. The first-order valence-corrected chi connectivity index (χ1v) is 4.51. The van der Waals surface area contributed by atoms with Gasteiger partial charge >= 0.3 is 5.97 Å². The summed E-state index contributed by atoms with van der Waals surface area (Å²) < 4.78 is 1.23. The lowest BCUT2D eigenvalue weighted by Crippen LogP contribution is -1.95. The highest BCUT2D eigenvalue weighted by molar-refractivity contribution is 6.35. The third-order valence-corrected chi connectivity index (χ3v) is 2.68. The van der Waals surface area contributed by atoms with E-state index >= 15 is 0 Å². The SMILES string of the molecule is O=C(O)c1ccc2cc(Cl)n(Cl)c2c1. The van der Waals surface area contributed by atoms with Crippen molar-refractivity contribution < 1.29 is 9.90 Å². The summed E-state index contributed by atoms with van der Waals surface area (Å²) in [6.07, 6.45) is 0. The van der Waals surface area contributed by atoms with Gasteiger partial charge in [0, 0.05) is 17.2 Å². The molecule has 0 fully saturated rings. The van der Waals surface area contributed by atoms with Crippen molar-refractivity contribution in [2.24, 2.45) is 0 Å². The molecule has 0 bridgehead atoms. The number of benzene rings is 1. The second-order valence-corrected chi connectivity index (χ2v) is 3.55. The summed E-state index contributed by atoms with van der Waals surface area (Å²) in [6, 6.07) is 6.34. The van der Waals surface area contributed by atoms with E-state index in [1.54, 1.807) is 12.1 Å². The number of hydrogen-bond donors (Lipinski definition) is 1. The van der Waals surface area contributed by atoms with Gasteiger partial charge in [-0.3, -0.25) is 0 Å². The summed E-state index contributed by atoms with van der Waals surface area (Å²) in [5, 5.41) is 9.94. The molecule has 2 rings (SSSR count). The Kier molecular flexibility index (Phi) is 2.13. The minimum Gasteiger partial charge on any atom is -0.478 e. The van der Waals surface area contributed by atoms with E-state index in [-0.39, 0.29) is 5.56 Å². The van der Waals surface area contributed by atoms with E-state index in [9.17, 15) is 4.79 Å². The smallest absolute Gasteiger partial charge is 0.335 e. The number of fused-ring (bicyclic) bond motifs is 1. The van der Waals surface area contributed by atoms with Crippen molar-refractivity contribution in [2.45, 2.75) is 0 Å². The number of rotatable bonds is 1. The second-order valence-electron chi connectivity index (χ2n) is 2.83. The average molecular weight is 230 g/mol. The number of aromatic carboxylic acids is 1. The van der Waals surface area contributed by atoms with E-state index in [2.05, 4.69) is 0 Å². The number of nitrogens with zero attached hydrogens (tertiary/aromatic N) is 1. The van der Waals surface area contributed by atoms with E-state index < -0.39 is 5.97 Å². The van der Waals surface area contributed by atoms with Gasteiger partial charge in [-0.05, 0) is 18.2 Å². The van der Waals surface area contributed by atoms with Crippen LogP contribution in [0.1, 0.15) is 10.4 Å². The zero-order chi connectivity index (χ0) is 10.3. The zero-order valence-corrected chi connectivity index (χ0v) is 8.38. The first-order chi connectivity index (χ1) is 6.59. The van der Waals surface area contributed by atoms with E-state index in [0.717, 1.165) is 5.39 Å². The highest BCUT2D eigenvalue weighted by Gasteiger charge is 2.08. The minimum absolute atomic E-state index is 0.189. The Morgan fingerprint density at radius 3 is 2.71 bits per heavy atom. The van der Waals surface area contributed by atoms with Crippen LogP contribution in [0.2, 0.25) is 5.15 Å². The van der Waals surface area contributed by atoms with Gasteiger partial charge in [-0.15, -0.1) is 0 Å². The van der Waals surface area contributed by atoms with Crippen molar-refractivity contribution >= 4 is 40.2 Å². The normalized spacial score (nSPS) is 10.7. The molecule has 0 aliphatic heterocycles. The van der Waals surface area contributed by atoms with Gasteiger partial charge in [0.15, 0.2) is 0 Å². The van der Waals surface area contributed by atoms with Crippen molar-refractivity contribution in [1.82, 2.24) is 4.09 Å². The predicted molar refractivity (Wildman–Crippen MR) is 55.2 cm³/mol. The van der Waals surface area contributed by atoms with Crippen LogP contribution in [-0.4, -0.2) is 15.2 Å². The minimum atomic E-state index is -0.985. The van der Waals surface area contributed by atoms with Gasteiger partial charge < -0.3 is 5.11 Å². The van der Waals surface area contributed by atoms with Crippen LogP contribution in [0.3, 0.4) is 0 Å². The summed E-state index contributed by atoms with van der Waals surface area (Å²) in [4.78, 5) is 10.7. The molecule has 0 aliphatic rings. The van der Waals surface area contributed by atoms with Crippen LogP contribution < -0.4 is 0 Å². The van der Waals surface area contributed by atoms with E-state index in [1.165, 1.54) is 16.2 Å². The standard InChI is InChI=1S/C9H5Cl2NO2/c10-8-4-5-1-2-6(9(13)14)3-7(5)12(8)11/h1-4H,(H,13,14). The summed E-state index contributed by atoms with van der Waals surface area (Å²) >= 11 is 11.6. The number of carbonyl (C=O) groups is 1. The maximum atomic E-state index is 10.7. The van der Waals surface area contributed by atoms with Crippen LogP contribution in [-0.2, 0) is 0 Å². The fourth-order valence-electron chi connectivity index (χ4n) is 1.27. The quantitative estimate of drug-likeness (QED) is 0.818. The fourth-order valence-corrected chi connectivity index (χ4v) is 1.67. The van der Waals surface area contributed by atoms with Crippen LogP contribution in [0.5, 0.6) is 0 Å². The topological polar surface area (TPSA) is 42.2 Å². The Labute approximate surface area is 89.6 Å². The Morgan fingerprint density at radius 2 is 2.07 bits per heavy atom. The Hall–Kier alpha value is -1.19. The molecule has 1 aromatic heterocycles. The largest absolute Gasteiger partial charge is 0.478 e. The third-order valence-electron chi connectivity index (χ3n) is 1.95. The third kappa shape index (κ3) is 1.35. The van der Waals surface area contributed by atoms with Crippen molar-refractivity contribution in [3.05, 3.63) is 35.0 Å². The molecule has 0 unspecified atom stereocenters. The van der Waals surface area contributed by atoms with E-state index in [0.29, 0.717) is 10.7 Å². The molecule has 72 valence electrons. The predicted octanol–water partition coefficient (Wildman–Crippen LogP) is 2.99. The molecule has 0 radical (unpaired) electrons. The molecule has 3 nitrogen and oxygen atoms in total. The van der Waals surface area contributed by atoms with Crippen LogP contribution in [0.4, 0.5) is 0 Å². The van der Waals surface area contributed by atoms with Crippen LogP contribution in [0, 0.1) is 0 Å². The molecule has 2 aromatic rings. The molecule has 14 heavy (non-hydrogen) atoms. The molecule has 0 saturated heterocycles. The summed E-state index contributed by atoms with van der Waals surface area (Å²) in [5.41, 5.74) is 0.783. The zero-order valence-electron chi connectivity index (χ0n) is 6.87. The molecule has 1 N–H and O–H groups in total. The van der Waals surface area contributed by atoms with Gasteiger partial charge in [-0.25, -0.2) is 8.88 Å². The Balaban J connectivity index is 2.76. The molecule has 0 amide bonds. The molecular weight excluding hydrogens is 225 g/mol. The van der Waals surface area contributed by atoms with Crippen LogP contribution in [0.15, 0.2) is 24.3 Å². The van der Waals surface area contributed by atoms with Gasteiger partial charge in [0.05, 0.1) is 11.1 Å². The van der Waals surface area contributed by atoms with Gasteiger partial charge in [-0.2, -0.15) is 0 Å². The molecular formula is C9H5Cl2NO2. The molecule has 0 spiro atoms. The molecule has 5 heteroatoms. The highest BCUT2D eigenvalue weighted by Crippen LogP contribution is 2.25. The highest BCUT2D eigenvalue weighted by atomic mass is 35.5. The van der Waals surface area contributed by atoms with Crippen LogP contribution in [0.25, 0.3) is 10.9 Å². The first-order valence-electron chi connectivity index (χ1n) is 3.80. The van der Waals surface area contributed by atoms with Crippen molar-refractivity contribution in [1.29, 1.82) is 0 Å². The molecule has 0 saturated carbocycles. The first kappa shape index (κ1) is 9.37. The lowest BCUT2D eigenvalue weighted by molar-refractivity contribution is 0.0697. The second kappa shape index (κ2) is 3.19. The number of halogens is 2. The fraction of sp³-hybridized carbons (Fsp3) is 0. The monoisotopic (exact) mass is 229 g/mol. The Morgan fingerprint density at radius 1 is 1.36 bits per heavy atom. The Bertz CT molecular complexity index is 519. The molecule has 1 heterocycles. The van der Waals surface area contributed by atoms with Crippen LogP contribution >= 0.6 is 23.4 Å². The van der Waals surface area contributed by atoms with Gasteiger partial charge in [0.2, 0.25) is 0 Å². The summed E-state index contributed by atoms with van der Waals surface area (Å²) in [7, 11) is 0. The van der Waals surface area contributed by atoms with Crippen molar-refractivity contribution in [3.8, 4) is 0 Å². The number of carboxylic acids is 1. The lowest BCUT2D eigenvalue weighted by Gasteiger charge is -1.96. The summed E-state index contributed by atoms with van der Waals surface area (Å²) in [5.74, 6) is -0.985. The van der Waals surface area contributed by atoms with Gasteiger partial charge in [0.1, 0.15) is 5.15 Å². The molecule has 0 atom stereocenters. The van der Waals surface area contributed by atoms with Gasteiger partial charge in [0.25, 0.3) is 0 Å². The number of hydrogen-bond acceptors (Lipinski definition) is 1. The van der Waals surface area contributed by atoms with Crippen molar-refractivity contribution in [2.75, 3.05) is 0 Å². The average Bonchev–Trinajstić information content (AvgIpc) is 2.43. The summed E-state index contributed by atoms with van der Waals surface area (Å²) in [6.45, 7) is 0. The van der Waals surface area contributed by atoms with Gasteiger partial charge in [-0.1, -0.05) is 17.7 Å².